The first-order valence-corrected chi connectivity index (χ1v) is 10.7. The molecule has 1 fully saturated rings. The first-order valence-electron chi connectivity index (χ1n) is 10.7. The quantitative estimate of drug-likeness (QED) is 0.649. The van der Waals surface area contributed by atoms with Crippen LogP contribution in [0.1, 0.15) is 57.7 Å². The zero-order valence-corrected chi connectivity index (χ0v) is 18.7. The summed E-state index contributed by atoms with van der Waals surface area (Å²) in [5.41, 5.74) is 1.15. The van der Waals surface area contributed by atoms with Crippen LogP contribution in [0.3, 0.4) is 0 Å². The molecule has 2 amide bonds. The van der Waals surface area contributed by atoms with E-state index in [-0.39, 0.29) is 18.7 Å². The second kappa shape index (κ2) is 9.81. The van der Waals surface area contributed by atoms with Crippen molar-refractivity contribution < 1.29 is 19.1 Å². The molecule has 1 unspecified atom stereocenters. The molecule has 0 spiro atoms. The van der Waals surface area contributed by atoms with Crippen LogP contribution < -0.4 is 4.90 Å². The van der Waals surface area contributed by atoms with Gasteiger partial charge < -0.3 is 14.4 Å². The number of benzene rings is 1. The molecule has 1 saturated heterocycles. The number of amides is 2. The molecular weight excluding hydrogens is 394 g/mol. The Labute approximate surface area is 184 Å². The van der Waals surface area contributed by atoms with Gasteiger partial charge >= 0.3 is 12.2 Å². The number of carbonyl (C=O) groups excluding carboxylic acids is 2. The molecule has 0 bridgehead atoms. The molecule has 31 heavy (non-hydrogen) atoms. The maximum absolute atomic E-state index is 12.9. The van der Waals surface area contributed by atoms with E-state index in [9.17, 15) is 9.59 Å². The highest BCUT2D eigenvalue weighted by Gasteiger charge is 2.35. The van der Waals surface area contributed by atoms with Crippen molar-refractivity contribution in [2.75, 3.05) is 18.0 Å². The summed E-state index contributed by atoms with van der Waals surface area (Å²) in [6, 6.07) is 13.1. The lowest BCUT2D eigenvalue weighted by Gasteiger charge is -2.30. The Bertz CT molecular complexity index is 895. The van der Waals surface area contributed by atoms with Gasteiger partial charge in [-0.2, -0.15) is 0 Å². The van der Waals surface area contributed by atoms with E-state index in [2.05, 4.69) is 4.98 Å². The van der Waals surface area contributed by atoms with Gasteiger partial charge in [0.05, 0.1) is 6.04 Å². The normalized spacial score (nSPS) is 16.1. The van der Waals surface area contributed by atoms with Crippen LogP contribution in [0.15, 0.2) is 48.7 Å². The highest BCUT2D eigenvalue weighted by atomic mass is 16.6. The maximum atomic E-state index is 12.9. The van der Waals surface area contributed by atoms with Gasteiger partial charge in [0.25, 0.3) is 0 Å². The Morgan fingerprint density at radius 2 is 1.90 bits per heavy atom. The molecule has 1 atom stereocenters. The van der Waals surface area contributed by atoms with Crippen molar-refractivity contribution in [3.63, 3.8) is 0 Å². The Morgan fingerprint density at radius 1 is 1.16 bits per heavy atom. The minimum absolute atomic E-state index is 0.205. The van der Waals surface area contributed by atoms with E-state index in [0.717, 1.165) is 24.0 Å². The number of likely N-dealkylation sites (tertiary alicyclic amines) is 1. The van der Waals surface area contributed by atoms with Crippen LogP contribution in [0, 0.1) is 0 Å². The van der Waals surface area contributed by atoms with Crippen molar-refractivity contribution in [2.45, 2.75) is 58.8 Å². The van der Waals surface area contributed by atoms with E-state index in [4.69, 9.17) is 9.47 Å². The number of ether oxygens (including phenoxy) is 2. The molecule has 0 saturated carbocycles. The Kier molecular flexibility index (Phi) is 7.15. The third-order valence-electron chi connectivity index (χ3n) is 5.05. The van der Waals surface area contributed by atoms with Crippen LogP contribution in [-0.4, -0.2) is 40.8 Å². The van der Waals surface area contributed by atoms with Gasteiger partial charge in [0, 0.05) is 24.8 Å². The fraction of sp³-hybridized carbons (Fsp3) is 0.458. The van der Waals surface area contributed by atoms with Crippen molar-refractivity contribution in [1.29, 1.82) is 0 Å². The lowest BCUT2D eigenvalue weighted by atomic mass is 10.1. The highest BCUT2D eigenvalue weighted by Crippen LogP contribution is 2.37. The van der Waals surface area contributed by atoms with Crippen molar-refractivity contribution in [1.82, 2.24) is 9.88 Å². The number of nitrogens with zero attached hydrogens (tertiary/aromatic N) is 3. The smallest absolute Gasteiger partial charge is 0.415 e. The van der Waals surface area contributed by atoms with Crippen LogP contribution in [0.2, 0.25) is 0 Å². The third kappa shape index (κ3) is 5.75. The molecule has 0 N–H and O–H groups in total. The Hall–Kier alpha value is -3.09. The summed E-state index contributed by atoms with van der Waals surface area (Å²) in [6.45, 7) is 8.61. The summed E-state index contributed by atoms with van der Waals surface area (Å²) in [4.78, 5) is 33.4. The topological polar surface area (TPSA) is 72.0 Å². The van der Waals surface area contributed by atoms with Gasteiger partial charge in [-0.1, -0.05) is 36.4 Å². The molecular formula is C24H31N3O4. The van der Waals surface area contributed by atoms with Gasteiger partial charge in [0.1, 0.15) is 18.0 Å². The number of anilines is 1. The summed E-state index contributed by atoms with van der Waals surface area (Å²) >= 11 is 0. The molecule has 0 radical (unpaired) electrons. The Balaban J connectivity index is 1.79. The molecule has 1 aliphatic heterocycles. The van der Waals surface area contributed by atoms with Crippen molar-refractivity contribution in [3.8, 4) is 0 Å². The zero-order valence-electron chi connectivity index (χ0n) is 18.7. The molecule has 0 aliphatic carbocycles. The molecule has 1 aliphatic rings. The fourth-order valence-corrected chi connectivity index (χ4v) is 3.69. The summed E-state index contributed by atoms with van der Waals surface area (Å²) in [6.07, 6.45) is 2.48. The molecule has 7 heteroatoms. The summed E-state index contributed by atoms with van der Waals surface area (Å²) in [7, 11) is 0. The number of hydrogen-bond donors (Lipinski definition) is 0. The predicted molar refractivity (Wildman–Crippen MR) is 119 cm³/mol. The van der Waals surface area contributed by atoms with Crippen molar-refractivity contribution in [3.05, 3.63) is 59.8 Å². The van der Waals surface area contributed by atoms with Gasteiger partial charge in [-0.15, -0.1) is 0 Å². The molecule has 1 aromatic carbocycles. The van der Waals surface area contributed by atoms with Gasteiger partial charge in [-0.05, 0) is 52.2 Å². The average Bonchev–Trinajstić information content (AvgIpc) is 3.22. The average molecular weight is 426 g/mol. The van der Waals surface area contributed by atoms with Crippen molar-refractivity contribution in [2.24, 2.45) is 0 Å². The SMILES string of the molecule is CCN(C(=O)OC(C)(C)C)c1ncccc1C1CCCN1C(=O)OCc1ccccc1. The lowest BCUT2D eigenvalue weighted by Crippen LogP contribution is -2.39. The third-order valence-corrected chi connectivity index (χ3v) is 5.05. The summed E-state index contributed by atoms with van der Waals surface area (Å²) in [5.74, 6) is 0.520. The number of carbonyl (C=O) groups is 2. The van der Waals surface area contributed by atoms with Gasteiger partial charge in [0.2, 0.25) is 0 Å². The monoisotopic (exact) mass is 425 g/mol. The van der Waals surface area contributed by atoms with Gasteiger partial charge in [0.15, 0.2) is 0 Å². The molecule has 166 valence electrons. The van der Waals surface area contributed by atoms with Crippen molar-refractivity contribution >= 4 is 18.0 Å². The molecule has 1 aromatic heterocycles. The minimum Gasteiger partial charge on any atom is -0.445 e. The second-order valence-corrected chi connectivity index (χ2v) is 8.53. The highest BCUT2D eigenvalue weighted by molar-refractivity contribution is 5.87. The zero-order chi connectivity index (χ0) is 22.4. The van der Waals surface area contributed by atoms with Gasteiger partial charge in [-0.25, -0.2) is 14.6 Å². The molecule has 2 aromatic rings. The largest absolute Gasteiger partial charge is 0.445 e. The van der Waals surface area contributed by atoms with E-state index in [1.54, 1.807) is 11.1 Å². The molecule has 2 heterocycles. The molecule has 3 rings (SSSR count). The van der Waals surface area contributed by atoms with Crippen LogP contribution in [0.25, 0.3) is 0 Å². The fourth-order valence-electron chi connectivity index (χ4n) is 3.69. The second-order valence-electron chi connectivity index (χ2n) is 8.53. The number of rotatable bonds is 5. The number of aromatic nitrogens is 1. The van der Waals surface area contributed by atoms with E-state index < -0.39 is 11.7 Å². The van der Waals surface area contributed by atoms with E-state index in [0.29, 0.717) is 18.9 Å². The van der Waals surface area contributed by atoms with E-state index in [1.807, 2.05) is 70.2 Å². The van der Waals surface area contributed by atoms with Gasteiger partial charge in [-0.3, -0.25) is 4.90 Å². The number of pyridine rings is 1. The Morgan fingerprint density at radius 3 is 2.58 bits per heavy atom. The maximum Gasteiger partial charge on any atom is 0.415 e. The van der Waals surface area contributed by atoms with Crippen LogP contribution in [-0.2, 0) is 16.1 Å². The first kappa shape index (κ1) is 22.6. The minimum atomic E-state index is -0.611. The standard InChI is InChI=1S/C24H31N3O4/c1-5-26(23(29)31-24(2,3)4)21-19(13-9-15-25-21)20-14-10-16-27(20)22(28)30-17-18-11-7-6-8-12-18/h6-9,11-13,15,20H,5,10,14,16-17H2,1-4H3. The summed E-state index contributed by atoms with van der Waals surface area (Å²) < 4.78 is 11.1. The predicted octanol–water partition coefficient (Wildman–Crippen LogP) is 5.32. The first-order chi connectivity index (χ1) is 14.8. The number of hydrogen-bond acceptors (Lipinski definition) is 5. The van der Waals surface area contributed by atoms with E-state index >= 15 is 0 Å². The lowest BCUT2D eigenvalue weighted by molar-refractivity contribution is 0.0580. The van der Waals surface area contributed by atoms with Crippen LogP contribution >= 0.6 is 0 Å². The molecule has 7 nitrogen and oxygen atoms in total. The summed E-state index contributed by atoms with van der Waals surface area (Å²) in [5, 5.41) is 0. The van der Waals surface area contributed by atoms with Crippen LogP contribution in [0.5, 0.6) is 0 Å². The van der Waals surface area contributed by atoms with Crippen LogP contribution in [0.4, 0.5) is 15.4 Å². The van der Waals surface area contributed by atoms with E-state index in [1.165, 1.54) is 4.90 Å².